The van der Waals surface area contributed by atoms with Crippen molar-refractivity contribution in [3.05, 3.63) is 41.2 Å². The fraction of sp³-hybridized carbons (Fsp3) is 0.500. The molecular formula is C20H28ClN5O2. The monoisotopic (exact) mass is 405 g/mol. The van der Waals surface area contributed by atoms with E-state index in [0.29, 0.717) is 17.4 Å². The van der Waals surface area contributed by atoms with E-state index in [-0.39, 0.29) is 36.9 Å². The predicted octanol–water partition coefficient (Wildman–Crippen LogP) is 2.87. The normalized spacial score (nSPS) is 14.4. The van der Waals surface area contributed by atoms with Gasteiger partial charge in [-0.3, -0.25) is 14.9 Å². The molecule has 2 aromatic rings. The molecular weight excluding hydrogens is 378 g/mol. The van der Waals surface area contributed by atoms with Crippen LogP contribution >= 0.6 is 12.4 Å². The Kier molecular flexibility index (Phi) is 8.14. The fourth-order valence-electron chi connectivity index (χ4n) is 3.25. The molecule has 1 aliphatic rings. The Morgan fingerprint density at radius 2 is 1.86 bits per heavy atom. The zero-order valence-electron chi connectivity index (χ0n) is 16.4. The van der Waals surface area contributed by atoms with Gasteiger partial charge < -0.3 is 5.32 Å². The Hall–Kier alpha value is -2.25. The van der Waals surface area contributed by atoms with E-state index < -0.39 is 0 Å². The quantitative estimate of drug-likeness (QED) is 0.691. The maximum atomic E-state index is 12.3. The third kappa shape index (κ3) is 5.62. The predicted molar refractivity (Wildman–Crippen MR) is 111 cm³/mol. The van der Waals surface area contributed by atoms with Gasteiger partial charge in [0.25, 0.3) is 0 Å². The van der Waals surface area contributed by atoms with Crippen molar-refractivity contribution in [3.8, 4) is 0 Å². The molecule has 1 aromatic carbocycles. The minimum Gasteiger partial charge on any atom is -0.317 e. The van der Waals surface area contributed by atoms with Crippen LogP contribution in [0, 0.1) is 0 Å². The number of rotatable bonds is 7. The molecule has 1 saturated heterocycles. The van der Waals surface area contributed by atoms with E-state index in [1.165, 1.54) is 5.56 Å². The number of hydrogen-bond acceptors (Lipinski definition) is 5. The molecule has 0 atom stereocenters. The summed E-state index contributed by atoms with van der Waals surface area (Å²) in [5, 5.41) is 10.5. The minimum atomic E-state index is -0.221. The summed E-state index contributed by atoms with van der Waals surface area (Å²) in [6.07, 6.45) is 3.25. The zero-order chi connectivity index (χ0) is 19.2. The first kappa shape index (κ1) is 22.0. The highest BCUT2D eigenvalue weighted by atomic mass is 35.5. The van der Waals surface area contributed by atoms with E-state index in [2.05, 4.69) is 27.6 Å². The van der Waals surface area contributed by atoms with Crippen molar-refractivity contribution in [2.75, 3.05) is 18.4 Å². The van der Waals surface area contributed by atoms with Crippen LogP contribution in [0.3, 0.4) is 0 Å². The first-order valence-corrected chi connectivity index (χ1v) is 9.60. The molecule has 0 saturated carbocycles. The summed E-state index contributed by atoms with van der Waals surface area (Å²) in [5.41, 5.74) is 1.84. The van der Waals surface area contributed by atoms with Crippen molar-refractivity contribution >= 4 is 30.0 Å². The lowest BCUT2D eigenvalue weighted by molar-refractivity contribution is -0.116. The second-order valence-corrected chi connectivity index (χ2v) is 6.96. The topological polar surface area (TPSA) is 88.9 Å². The molecule has 0 bridgehead atoms. The molecule has 0 aliphatic carbocycles. The number of piperidine rings is 1. The molecule has 8 heteroatoms. The Balaban J connectivity index is 0.00000280. The summed E-state index contributed by atoms with van der Waals surface area (Å²) in [5.74, 6) is 1.30. The van der Waals surface area contributed by atoms with E-state index in [4.69, 9.17) is 0 Å². The number of carbonyl (C=O) groups is 2. The van der Waals surface area contributed by atoms with Crippen molar-refractivity contribution in [1.29, 1.82) is 0 Å². The summed E-state index contributed by atoms with van der Waals surface area (Å²) in [6.45, 7) is 4.00. The van der Waals surface area contributed by atoms with Gasteiger partial charge in [-0.1, -0.05) is 31.2 Å². The van der Waals surface area contributed by atoms with Crippen LogP contribution in [0.4, 0.5) is 5.95 Å². The molecule has 28 heavy (non-hydrogen) atoms. The lowest BCUT2D eigenvalue weighted by Gasteiger charge is -2.19. The van der Waals surface area contributed by atoms with Crippen molar-refractivity contribution in [1.82, 2.24) is 20.1 Å². The molecule has 0 spiro atoms. The van der Waals surface area contributed by atoms with Crippen molar-refractivity contribution in [2.45, 2.75) is 44.9 Å². The molecule has 1 aliphatic heterocycles. The molecule has 152 valence electrons. The number of benzene rings is 1. The van der Waals surface area contributed by atoms with Gasteiger partial charge in [0.15, 0.2) is 11.6 Å². The van der Waals surface area contributed by atoms with Gasteiger partial charge in [0, 0.05) is 31.4 Å². The number of Topliss-reactive ketones (excluding diaryl/α,β-unsaturated/α-hetero) is 1. The second kappa shape index (κ2) is 10.3. The van der Waals surface area contributed by atoms with Gasteiger partial charge in [0.1, 0.15) is 0 Å². The second-order valence-electron chi connectivity index (χ2n) is 6.96. The largest absolute Gasteiger partial charge is 0.317 e. The smallest absolute Gasteiger partial charge is 0.227 e. The summed E-state index contributed by atoms with van der Waals surface area (Å²) in [6, 6.07) is 7.56. The average molecular weight is 406 g/mol. The SMILES string of the molecule is CCc1ccc(C(=O)CCC(=O)Nc2nc(C3CCNCC3)nn2C)cc1.Cl. The molecule has 2 heterocycles. The van der Waals surface area contributed by atoms with Gasteiger partial charge in [-0.2, -0.15) is 10.1 Å². The molecule has 0 unspecified atom stereocenters. The summed E-state index contributed by atoms with van der Waals surface area (Å²) in [7, 11) is 1.77. The Morgan fingerprint density at radius 3 is 2.50 bits per heavy atom. The summed E-state index contributed by atoms with van der Waals surface area (Å²) < 4.78 is 1.60. The lowest BCUT2D eigenvalue weighted by atomic mass is 9.98. The number of amides is 1. The van der Waals surface area contributed by atoms with E-state index in [1.54, 1.807) is 11.7 Å². The molecule has 1 amide bonds. The van der Waals surface area contributed by atoms with Gasteiger partial charge >= 0.3 is 0 Å². The number of halogens is 1. The van der Waals surface area contributed by atoms with Gasteiger partial charge in [0.05, 0.1) is 0 Å². The number of anilines is 1. The van der Waals surface area contributed by atoms with Crippen LogP contribution < -0.4 is 10.6 Å². The first-order chi connectivity index (χ1) is 13.1. The number of nitrogens with zero attached hydrogens (tertiary/aromatic N) is 3. The maximum Gasteiger partial charge on any atom is 0.227 e. The van der Waals surface area contributed by atoms with Crippen LogP contribution in [0.1, 0.15) is 60.3 Å². The standard InChI is InChI=1S/C20H27N5O2.ClH/c1-3-14-4-6-15(7-5-14)17(26)8-9-18(27)22-20-23-19(24-25(20)2)16-10-12-21-13-11-16;/h4-7,16,21H,3,8-13H2,1-2H3,(H,22,23,24,27);1H. The number of carbonyl (C=O) groups excluding carboxylic acids is 2. The number of aromatic nitrogens is 3. The highest BCUT2D eigenvalue weighted by molar-refractivity contribution is 5.99. The molecule has 7 nitrogen and oxygen atoms in total. The van der Waals surface area contributed by atoms with Crippen molar-refractivity contribution < 1.29 is 9.59 Å². The Morgan fingerprint density at radius 1 is 1.18 bits per heavy atom. The van der Waals surface area contributed by atoms with Crippen molar-refractivity contribution in [3.63, 3.8) is 0 Å². The van der Waals surface area contributed by atoms with Crippen LogP contribution in [-0.2, 0) is 18.3 Å². The minimum absolute atomic E-state index is 0. The number of ketones is 1. The third-order valence-electron chi connectivity index (χ3n) is 5.00. The van der Waals surface area contributed by atoms with E-state index in [9.17, 15) is 9.59 Å². The zero-order valence-corrected chi connectivity index (χ0v) is 17.2. The van der Waals surface area contributed by atoms with Crippen LogP contribution in [0.2, 0.25) is 0 Å². The van der Waals surface area contributed by atoms with Gasteiger partial charge in [-0.25, -0.2) is 4.68 Å². The highest BCUT2D eigenvalue weighted by Gasteiger charge is 2.21. The fourth-order valence-corrected chi connectivity index (χ4v) is 3.25. The van der Waals surface area contributed by atoms with Crippen molar-refractivity contribution in [2.24, 2.45) is 7.05 Å². The van der Waals surface area contributed by atoms with Crippen LogP contribution in [-0.4, -0.2) is 39.5 Å². The first-order valence-electron chi connectivity index (χ1n) is 9.60. The molecule has 1 aromatic heterocycles. The highest BCUT2D eigenvalue weighted by Crippen LogP contribution is 2.23. The van der Waals surface area contributed by atoms with E-state index in [1.807, 2.05) is 24.3 Å². The van der Waals surface area contributed by atoms with Gasteiger partial charge in [-0.15, -0.1) is 12.4 Å². The Bertz CT molecular complexity index is 797. The Labute approximate surface area is 171 Å². The lowest BCUT2D eigenvalue weighted by Crippen LogP contribution is -2.27. The third-order valence-corrected chi connectivity index (χ3v) is 5.00. The molecule has 2 N–H and O–H groups in total. The average Bonchev–Trinajstić information content (AvgIpc) is 3.07. The number of hydrogen-bond donors (Lipinski definition) is 2. The van der Waals surface area contributed by atoms with E-state index in [0.717, 1.165) is 38.2 Å². The molecule has 1 fully saturated rings. The van der Waals surface area contributed by atoms with E-state index >= 15 is 0 Å². The maximum absolute atomic E-state index is 12.3. The molecule has 3 rings (SSSR count). The van der Waals surface area contributed by atoms with Crippen LogP contribution in [0.25, 0.3) is 0 Å². The molecule has 0 radical (unpaired) electrons. The number of aryl methyl sites for hydroxylation is 2. The summed E-state index contributed by atoms with van der Waals surface area (Å²) in [4.78, 5) is 29.0. The summed E-state index contributed by atoms with van der Waals surface area (Å²) >= 11 is 0. The van der Waals surface area contributed by atoms with Gasteiger partial charge in [0.2, 0.25) is 11.9 Å². The number of nitrogens with one attached hydrogen (secondary N) is 2. The van der Waals surface area contributed by atoms with Gasteiger partial charge in [-0.05, 0) is 37.9 Å². The van der Waals surface area contributed by atoms with Crippen LogP contribution in [0.5, 0.6) is 0 Å². The van der Waals surface area contributed by atoms with Crippen LogP contribution in [0.15, 0.2) is 24.3 Å².